The molecule has 0 spiro atoms. The number of amides is 1. The zero-order chi connectivity index (χ0) is 50.2. The lowest BCUT2D eigenvalue weighted by Gasteiger charge is -2.24. The number of aliphatic hydroxyl groups is 2. The quantitative estimate of drug-likeness (QED) is 0.0321. The van der Waals surface area contributed by atoms with Crippen LogP contribution in [0.25, 0.3) is 0 Å². The van der Waals surface area contributed by atoms with Crippen molar-refractivity contribution in [2.24, 2.45) is 0 Å². The van der Waals surface area contributed by atoms with Crippen molar-refractivity contribution in [3.05, 3.63) is 60.8 Å². The first-order valence-corrected chi connectivity index (χ1v) is 30.1. The standard InChI is InChI=1S/C63H115NO5/c1-4-7-10-13-16-19-22-25-28-30-32-35-38-41-44-47-50-53-56-63(68)69-59(54-51-48-45-42-39-36-33-27-24-21-18-15-12-9-6-3)57-62(67)64-60(58-65)61(66)55-52-49-46-43-40-37-34-31-29-26-23-20-17-14-11-8-5-2/h10,13,16,19,22,25,28,30,32,35,59-61,65-66H,4-9,11-12,14-15,17-18,20-21,23-24,26-27,29,31,33-34,36-58H2,1-3H3,(H,64,67)/b13-10+,19-16+,25-22+,30-28+,35-32+. The fourth-order valence-electron chi connectivity index (χ4n) is 9.17. The number of rotatable bonds is 54. The molecule has 0 fully saturated rings. The Hall–Kier alpha value is -2.44. The normalized spacial score (nSPS) is 13.5. The van der Waals surface area contributed by atoms with E-state index in [1.165, 1.54) is 180 Å². The first-order valence-electron chi connectivity index (χ1n) is 30.1. The summed E-state index contributed by atoms with van der Waals surface area (Å²) in [7, 11) is 0. The average molecular weight is 967 g/mol. The van der Waals surface area contributed by atoms with Crippen LogP contribution in [-0.2, 0) is 14.3 Å². The lowest BCUT2D eigenvalue weighted by molar-refractivity contribution is -0.151. The molecule has 0 rings (SSSR count). The summed E-state index contributed by atoms with van der Waals surface area (Å²) in [6, 6.07) is -0.708. The van der Waals surface area contributed by atoms with Gasteiger partial charge in [0.25, 0.3) is 0 Å². The molecule has 0 aliphatic heterocycles. The van der Waals surface area contributed by atoms with E-state index in [9.17, 15) is 19.8 Å². The average Bonchev–Trinajstić information content (AvgIpc) is 3.34. The van der Waals surface area contributed by atoms with Crippen LogP contribution in [0.5, 0.6) is 0 Å². The molecule has 1 amide bonds. The zero-order valence-corrected chi connectivity index (χ0v) is 45.9. The maximum atomic E-state index is 13.3. The molecule has 3 unspecified atom stereocenters. The molecule has 0 aromatic heterocycles. The SMILES string of the molecule is CCC/C=C/C=C/C=C/C=C/C=C/CCCCCCCC(=O)OC(CCCCCCCCCCCCCCCCC)CC(=O)NC(CO)C(O)CCCCCCCCCCCCCCCCCCC. The van der Waals surface area contributed by atoms with Crippen LogP contribution in [0.2, 0.25) is 0 Å². The molecule has 0 heterocycles. The molecule has 3 N–H and O–H groups in total. The fraction of sp³-hybridized carbons (Fsp3) is 0.810. The highest BCUT2D eigenvalue weighted by Crippen LogP contribution is 2.19. The highest BCUT2D eigenvalue weighted by Gasteiger charge is 2.24. The van der Waals surface area contributed by atoms with E-state index in [2.05, 4.69) is 62.5 Å². The van der Waals surface area contributed by atoms with Gasteiger partial charge in [0, 0.05) is 6.42 Å². The third kappa shape index (κ3) is 51.7. The van der Waals surface area contributed by atoms with Crippen LogP contribution in [0.1, 0.15) is 303 Å². The van der Waals surface area contributed by atoms with Gasteiger partial charge in [0.2, 0.25) is 5.91 Å². The van der Waals surface area contributed by atoms with Gasteiger partial charge < -0.3 is 20.3 Å². The van der Waals surface area contributed by atoms with Crippen LogP contribution in [0.4, 0.5) is 0 Å². The van der Waals surface area contributed by atoms with Gasteiger partial charge in [-0.1, -0.05) is 306 Å². The molecule has 69 heavy (non-hydrogen) atoms. The van der Waals surface area contributed by atoms with Gasteiger partial charge >= 0.3 is 5.97 Å². The molecule has 0 saturated carbocycles. The Kier molecular flexibility index (Phi) is 54.5. The summed E-state index contributed by atoms with van der Waals surface area (Å²) in [6.45, 7) is 6.43. The van der Waals surface area contributed by atoms with Gasteiger partial charge in [-0.3, -0.25) is 9.59 Å². The van der Waals surface area contributed by atoms with Crippen LogP contribution >= 0.6 is 0 Å². The Morgan fingerprint density at radius 3 is 1.17 bits per heavy atom. The largest absolute Gasteiger partial charge is 0.462 e. The number of unbranched alkanes of at least 4 members (excludes halogenated alkanes) is 36. The van der Waals surface area contributed by atoms with Gasteiger partial charge in [-0.05, 0) is 44.9 Å². The van der Waals surface area contributed by atoms with E-state index in [1.807, 2.05) is 24.3 Å². The van der Waals surface area contributed by atoms with Crippen LogP contribution in [0.15, 0.2) is 60.8 Å². The molecule has 0 aromatic carbocycles. The Bertz CT molecular complexity index is 1220. The first kappa shape index (κ1) is 66.6. The second-order valence-electron chi connectivity index (χ2n) is 20.5. The predicted molar refractivity (Wildman–Crippen MR) is 301 cm³/mol. The van der Waals surface area contributed by atoms with Crippen molar-refractivity contribution in [1.29, 1.82) is 0 Å². The van der Waals surface area contributed by atoms with Crippen molar-refractivity contribution in [3.8, 4) is 0 Å². The van der Waals surface area contributed by atoms with E-state index >= 15 is 0 Å². The molecule has 0 bridgehead atoms. The second kappa shape index (κ2) is 56.5. The molecule has 0 aromatic rings. The fourth-order valence-corrected chi connectivity index (χ4v) is 9.17. The Balaban J connectivity index is 4.57. The van der Waals surface area contributed by atoms with Crippen molar-refractivity contribution < 1.29 is 24.5 Å². The van der Waals surface area contributed by atoms with Crippen LogP contribution in [0.3, 0.4) is 0 Å². The summed E-state index contributed by atoms with van der Waals surface area (Å²) in [5.74, 6) is -0.489. The van der Waals surface area contributed by atoms with Gasteiger partial charge in [0.05, 0.1) is 25.2 Å². The molecule has 3 atom stereocenters. The highest BCUT2D eigenvalue weighted by molar-refractivity contribution is 5.77. The number of ether oxygens (including phenoxy) is 1. The number of esters is 1. The highest BCUT2D eigenvalue weighted by atomic mass is 16.5. The van der Waals surface area contributed by atoms with E-state index in [4.69, 9.17) is 4.74 Å². The van der Waals surface area contributed by atoms with Crippen LogP contribution in [0, 0.1) is 0 Å². The van der Waals surface area contributed by atoms with Gasteiger partial charge in [-0.25, -0.2) is 0 Å². The van der Waals surface area contributed by atoms with Gasteiger partial charge in [0.1, 0.15) is 6.10 Å². The number of carbonyl (C=O) groups excluding carboxylic acids is 2. The predicted octanol–water partition coefficient (Wildman–Crippen LogP) is 18.7. The second-order valence-corrected chi connectivity index (χ2v) is 20.5. The van der Waals surface area contributed by atoms with Crippen molar-refractivity contribution in [1.82, 2.24) is 5.32 Å². The minimum atomic E-state index is -0.794. The lowest BCUT2D eigenvalue weighted by atomic mass is 10.0. The molecular weight excluding hydrogens is 851 g/mol. The van der Waals surface area contributed by atoms with E-state index in [0.717, 1.165) is 77.0 Å². The first-order chi connectivity index (χ1) is 34.0. The summed E-state index contributed by atoms with van der Waals surface area (Å²) in [5, 5.41) is 23.9. The molecule has 0 aliphatic rings. The Morgan fingerprint density at radius 1 is 0.420 bits per heavy atom. The van der Waals surface area contributed by atoms with Crippen LogP contribution < -0.4 is 5.32 Å². The van der Waals surface area contributed by atoms with Crippen molar-refractivity contribution >= 4 is 11.9 Å². The maximum Gasteiger partial charge on any atom is 0.306 e. The maximum absolute atomic E-state index is 13.3. The Morgan fingerprint density at radius 2 is 0.768 bits per heavy atom. The molecule has 402 valence electrons. The van der Waals surface area contributed by atoms with E-state index in [-0.39, 0.29) is 24.9 Å². The number of nitrogens with one attached hydrogen (secondary N) is 1. The number of hydrogen-bond donors (Lipinski definition) is 3. The van der Waals surface area contributed by atoms with Crippen molar-refractivity contribution in [2.75, 3.05) is 6.61 Å². The minimum absolute atomic E-state index is 0.0689. The van der Waals surface area contributed by atoms with E-state index in [1.54, 1.807) is 0 Å². The van der Waals surface area contributed by atoms with Crippen molar-refractivity contribution in [3.63, 3.8) is 0 Å². The molecule has 0 saturated heterocycles. The van der Waals surface area contributed by atoms with Gasteiger partial charge in [0.15, 0.2) is 0 Å². The van der Waals surface area contributed by atoms with E-state index < -0.39 is 18.2 Å². The summed E-state index contributed by atoms with van der Waals surface area (Å²) in [4.78, 5) is 26.3. The number of hydrogen-bond acceptors (Lipinski definition) is 5. The molecule has 6 heteroatoms. The summed E-state index contributed by atoms with van der Waals surface area (Å²) >= 11 is 0. The third-order valence-corrected chi connectivity index (χ3v) is 13.7. The van der Waals surface area contributed by atoms with Crippen LogP contribution in [-0.4, -0.2) is 46.9 Å². The van der Waals surface area contributed by atoms with E-state index in [0.29, 0.717) is 19.3 Å². The lowest BCUT2D eigenvalue weighted by Crippen LogP contribution is -2.46. The Labute approximate surface area is 428 Å². The third-order valence-electron chi connectivity index (χ3n) is 13.7. The molecular formula is C63H115NO5. The summed E-state index contributed by atoms with van der Waals surface area (Å²) in [5.41, 5.74) is 0. The minimum Gasteiger partial charge on any atom is -0.462 e. The van der Waals surface area contributed by atoms with Gasteiger partial charge in [-0.2, -0.15) is 0 Å². The molecule has 6 nitrogen and oxygen atoms in total. The summed E-state index contributed by atoms with van der Waals surface area (Å²) in [6.07, 6.45) is 71.4. The zero-order valence-electron chi connectivity index (χ0n) is 45.9. The summed E-state index contributed by atoms with van der Waals surface area (Å²) < 4.78 is 5.96. The topological polar surface area (TPSA) is 95.9 Å². The molecule has 0 radical (unpaired) electrons. The number of allylic oxidation sites excluding steroid dienone is 10. The van der Waals surface area contributed by atoms with Gasteiger partial charge in [-0.15, -0.1) is 0 Å². The number of aliphatic hydroxyl groups excluding tert-OH is 2. The van der Waals surface area contributed by atoms with Crippen molar-refractivity contribution in [2.45, 2.75) is 322 Å². The monoisotopic (exact) mass is 966 g/mol. The number of carbonyl (C=O) groups is 2. The molecule has 0 aliphatic carbocycles. The smallest absolute Gasteiger partial charge is 0.306 e.